The molecule has 4 saturated carbocycles. The maximum atomic E-state index is 13.1. The lowest BCUT2D eigenvalue weighted by Crippen LogP contribution is -2.71. The molecule has 0 aromatic heterocycles. The molecule has 7 heteroatoms. The van der Waals surface area contributed by atoms with Crippen LogP contribution in [0.5, 0.6) is 0 Å². The molecule has 0 spiro atoms. The van der Waals surface area contributed by atoms with E-state index in [9.17, 15) is 5.11 Å². The van der Waals surface area contributed by atoms with Crippen molar-refractivity contribution >= 4 is 25.0 Å². The molecule has 0 aromatic carbocycles. The van der Waals surface area contributed by atoms with E-state index in [2.05, 4.69) is 100 Å². The molecular weight excluding hydrogens is 593 g/mol. The largest absolute Gasteiger partial charge is 0.415 e. The SMILES string of the molecule is CC(C)[C@H](C)CC[C@@H](C)[C@H]1CC[C@H]2[C@@H]3C[C@@H](O[Si](C)(C)C)[C@@]4(O)C[C@@H](O[Si](C)(C)C)CC[C@]4(C)[C@H]3C[C@@H](O[Si](C)(C)C)[C@]12C. The molecule has 44 heavy (non-hydrogen) atoms. The van der Waals surface area contributed by atoms with Crippen molar-refractivity contribution in [1.82, 2.24) is 0 Å². The molecule has 258 valence electrons. The Morgan fingerprint density at radius 2 is 1.27 bits per heavy atom. The molecule has 4 fully saturated rings. The van der Waals surface area contributed by atoms with E-state index in [1.807, 2.05) is 0 Å². The Labute approximate surface area is 277 Å². The predicted octanol–water partition coefficient (Wildman–Crippen LogP) is 10.3. The lowest BCUT2D eigenvalue weighted by molar-refractivity contribution is -0.269. The van der Waals surface area contributed by atoms with Crippen LogP contribution in [0.2, 0.25) is 58.9 Å². The lowest BCUT2D eigenvalue weighted by atomic mass is 9.41. The summed E-state index contributed by atoms with van der Waals surface area (Å²) >= 11 is 0. The van der Waals surface area contributed by atoms with Gasteiger partial charge < -0.3 is 18.4 Å². The van der Waals surface area contributed by atoms with Crippen molar-refractivity contribution in [3.8, 4) is 0 Å². The van der Waals surface area contributed by atoms with Gasteiger partial charge >= 0.3 is 0 Å². The van der Waals surface area contributed by atoms with Gasteiger partial charge in [0.2, 0.25) is 0 Å². The lowest BCUT2D eigenvalue weighted by Gasteiger charge is -2.68. The Morgan fingerprint density at radius 3 is 1.82 bits per heavy atom. The van der Waals surface area contributed by atoms with Crippen LogP contribution in [0, 0.1) is 52.3 Å². The summed E-state index contributed by atoms with van der Waals surface area (Å²) in [5, 5.41) is 13.1. The zero-order valence-electron chi connectivity index (χ0n) is 31.8. The molecule has 0 aromatic rings. The van der Waals surface area contributed by atoms with E-state index in [1.165, 1.54) is 25.7 Å². The summed E-state index contributed by atoms with van der Waals surface area (Å²) in [4.78, 5) is 0. The number of aliphatic hydroxyl groups is 1. The summed E-state index contributed by atoms with van der Waals surface area (Å²) in [6.07, 6.45) is 10.5. The number of fused-ring (bicyclic) bond motifs is 5. The van der Waals surface area contributed by atoms with E-state index in [-0.39, 0.29) is 29.1 Å². The molecular formula is C37H74O4Si3. The zero-order chi connectivity index (χ0) is 33.3. The molecule has 0 heterocycles. The molecule has 4 aliphatic rings. The average Bonchev–Trinajstić information content (AvgIpc) is 3.20. The van der Waals surface area contributed by atoms with Gasteiger partial charge in [-0.1, -0.05) is 54.4 Å². The van der Waals surface area contributed by atoms with Gasteiger partial charge in [0.05, 0.1) is 17.8 Å². The summed E-state index contributed by atoms with van der Waals surface area (Å²) in [5.74, 6) is 4.66. The third-order valence-electron chi connectivity index (χ3n) is 13.3. The van der Waals surface area contributed by atoms with Crippen molar-refractivity contribution in [3.05, 3.63) is 0 Å². The molecule has 12 atom stereocenters. The first-order chi connectivity index (χ1) is 19.9. The standard InChI is InChI=1S/C37H74O4Si3/c1-25(2)26(3)16-17-27(4)30-18-19-31-29-22-34(41-44(13,14)15)37(38)24-28(39-42(7,8)9)20-21-35(37,5)32(29)23-33(36(30,31)6)40-43(10,11)12/h25-34,38H,16-24H2,1-15H3/t26-,27-,28+,29+,30-,31+,32+,33-,34-,35-,36-,37+/m1/s1. The van der Waals surface area contributed by atoms with Crippen LogP contribution in [-0.2, 0) is 13.3 Å². The Morgan fingerprint density at radius 1 is 0.705 bits per heavy atom. The van der Waals surface area contributed by atoms with E-state index in [0.717, 1.165) is 49.9 Å². The fraction of sp³-hybridized carbons (Fsp3) is 1.00. The predicted molar refractivity (Wildman–Crippen MR) is 194 cm³/mol. The van der Waals surface area contributed by atoms with Crippen LogP contribution in [0.25, 0.3) is 0 Å². The maximum Gasteiger partial charge on any atom is 0.184 e. The van der Waals surface area contributed by atoms with Gasteiger partial charge in [0, 0.05) is 17.9 Å². The molecule has 0 saturated heterocycles. The van der Waals surface area contributed by atoms with Gasteiger partial charge in [-0.3, -0.25) is 0 Å². The fourth-order valence-electron chi connectivity index (χ4n) is 11.0. The monoisotopic (exact) mass is 666 g/mol. The van der Waals surface area contributed by atoms with Gasteiger partial charge in [-0.25, -0.2) is 0 Å². The number of rotatable bonds is 11. The summed E-state index contributed by atoms with van der Waals surface area (Å²) < 4.78 is 21.2. The van der Waals surface area contributed by atoms with Crippen molar-refractivity contribution in [3.63, 3.8) is 0 Å². The molecule has 4 rings (SSSR count). The van der Waals surface area contributed by atoms with Crippen molar-refractivity contribution < 1.29 is 18.4 Å². The Kier molecular flexibility index (Phi) is 10.8. The van der Waals surface area contributed by atoms with Gasteiger partial charge in [0.1, 0.15) is 0 Å². The first kappa shape index (κ1) is 37.3. The van der Waals surface area contributed by atoms with Crippen molar-refractivity contribution in [2.45, 2.75) is 182 Å². The highest BCUT2D eigenvalue weighted by Gasteiger charge is 2.70. The maximum absolute atomic E-state index is 13.1. The number of hydrogen-bond donors (Lipinski definition) is 1. The molecule has 0 amide bonds. The minimum Gasteiger partial charge on any atom is -0.415 e. The highest BCUT2D eigenvalue weighted by atomic mass is 28.4. The molecule has 4 nitrogen and oxygen atoms in total. The highest BCUT2D eigenvalue weighted by Crippen LogP contribution is 2.70. The van der Waals surface area contributed by atoms with Crippen molar-refractivity contribution in [1.29, 1.82) is 0 Å². The number of hydrogen-bond acceptors (Lipinski definition) is 4. The van der Waals surface area contributed by atoms with Gasteiger partial charge in [-0.15, -0.1) is 0 Å². The molecule has 0 unspecified atom stereocenters. The van der Waals surface area contributed by atoms with E-state index in [4.69, 9.17) is 13.3 Å². The first-order valence-corrected chi connectivity index (χ1v) is 28.9. The van der Waals surface area contributed by atoms with Gasteiger partial charge in [-0.2, -0.15) is 0 Å². The second kappa shape index (κ2) is 12.7. The van der Waals surface area contributed by atoms with E-state index in [1.54, 1.807) is 0 Å². The summed E-state index contributed by atoms with van der Waals surface area (Å²) in [6, 6.07) is 0. The normalized spacial score (nSPS) is 42.9. The molecule has 0 radical (unpaired) electrons. The van der Waals surface area contributed by atoms with Crippen LogP contribution in [0.15, 0.2) is 0 Å². The summed E-state index contributed by atoms with van der Waals surface area (Å²) in [7, 11) is -5.41. The Hall–Kier alpha value is 0.491. The summed E-state index contributed by atoms with van der Waals surface area (Å²) in [6.45, 7) is 35.9. The topological polar surface area (TPSA) is 47.9 Å². The van der Waals surface area contributed by atoms with E-state index in [0.29, 0.717) is 23.7 Å². The van der Waals surface area contributed by atoms with Gasteiger partial charge in [0.25, 0.3) is 0 Å². The van der Waals surface area contributed by atoms with Crippen molar-refractivity contribution in [2.24, 2.45) is 52.3 Å². The van der Waals surface area contributed by atoms with Gasteiger partial charge in [-0.05, 0) is 144 Å². The zero-order valence-corrected chi connectivity index (χ0v) is 34.8. The van der Waals surface area contributed by atoms with Gasteiger partial charge in [0.15, 0.2) is 25.0 Å². The van der Waals surface area contributed by atoms with E-state index < -0.39 is 30.6 Å². The fourth-order valence-corrected chi connectivity index (χ4v) is 14.5. The minimum absolute atomic E-state index is 0.101. The second-order valence-electron chi connectivity index (χ2n) is 20.0. The van der Waals surface area contributed by atoms with Crippen LogP contribution >= 0.6 is 0 Å². The third kappa shape index (κ3) is 7.39. The minimum atomic E-state index is -1.90. The van der Waals surface area contributed by atoms with Crippen LogP contribution in [0.1, 0.15) is 99.3 Å². The molecule has 0 bridgehead atoms. The molecule has 0 aliphatic heterocycles. The molecule has 4 aliphatic carbocycles. The van der Waals surface area contributed by atoms with Crippen LogP contribution in [0.3, 0.4) is 0 Å². The average molecular weight is 667 g/mol. The Balaban J connectivity index is 1.73. The van der Waals surface area contributed by atoms with E-state index >= 15 is 0 Å². The first-order valence-electron chi connectivity index (χ1n) is 18.7. The van der Waals surface area contributed by atoms with Crippen molar-refractivity contribution in [2.75, 3.05) is 0 Å². The van der Waals surface area contributed by atoms with Crippen LogP contribution < -0.4 is 0 Å². The second-order valence-corrected chi connectivity index (χ2v) is 33.4. The van der Waals surface area contributed by atoms with Crippen LogP contribution in [-0.4, -0.2) is 54.0 Å². The highest BCUT2D eigenvalue weighted by molar-refractivity contribution is 6.70. The quantitative estimate of drug-likeness (QED) is 0.223. The smallest absolute Gasteiger partial charge is 0.184 e. The third-order valence-corrected chi connectivity index (χ3v) is 16.4. The summed E-state index contributed by atoms with van der Waals surface area (Å²) in [5.41, 5.74) is -0.847. The Bertz CT molecular complexity index is 985. The van der Waals surface area contributed by atoms with Crippen LogP contribution in [0.4, 0.5) is 0 Å². The molecule has 1 N–H and O–H groups in total.